The maximum absolute atomic E-state index is 11.5. The van der Waals surface area contributed by atoms with Gasteiger partial charge in [0.15, 0.2) is 0 Å². The van der Waals surface area contributed by atoms with Gasteiger partial charge in [-0.2, -0.15) is 0 Å². The fourth-order valence-electron chi connectivity index (χ4n) is 1.93. The van der Waals surface area contributed by atoms with Gasteiger partial charge >= 0.3 is 0 Å². The lowest BCUT2D eigenvalue weighted by atomic mass is 10.2. The molecule has 1 fully saturated rings. The molecule has 0 bridgehead atoms. The predicted molar refractivity (Wildman–Crippen MR) is 70.5 cm³/mol. The number of imide groups is 1. The van der Waals surface area contributed by atoms with E-state index in [9.17, 15) is 9.59 Å². The number of hydrogen-bond donors (Lipinski definition) is 2. The number of nitrogens with two attached hydrogens (primary N) is 1. The normalized spacial score (nSPS) is 20.2. The summed E-state index contributed by atoms with van der Waals surface area (Å²) in [5.74, 6) is 0.146. The number of benzene rings is 1. The van der Waals surface area contributed by atoms with Crippen molar-refractivity contribution in [1.82, 2.24) is 10.2 Å². The van der Waals surface area contributed by atoms with Crippen LogP contribution in [-0.4, -0.2) is 42.5 Å². The highest BCUT2D eigenvalue weighted by Gasteiger charge is 2.29. The number of hydrogen-bond acceptors (Lipinski definition) is 5. The molecule has 19 heavy (non-hydrogen) atoms. The molecule has 0 aliphatic carbocycles. The van der Waals surface area contributed by atoms with Crippen LogP contribution in [0.3, 0.4) is 0 Å². The Morgan fingerprint density at radius 1 is 1.47 bits per heavy atom. The van der Waals surface area contributed by atoms with E-state index in [1.54, 1.807) is 24.0 Å². The molecule has 0 radical (unpaired) electrons. The van der Waals surface area contributed by atoms with Gasteiger partial charge < -0.3 is 10.5 Å². The first-order valence-corrected chi connectivity index (χ1v) is 6.12. The maximum Gasteiger partial charge on any atom is 0.243 e. The van der Waals surface area contributed by atoms with E-state index in [1.807, 2.05) is 12.1 Å². The molecular formula is C13H17N3O3. The lowest BCUT2D eigenvalue weighted by Crippen LogP contribution is -2.57. The van der Waals surface area contributed by atoms with Crippen molar-refractivity contribution in [3.63, 3.8) is 0 Å². The van der Waals surface area contributed by atoms with Crippen LogP contribution < -0.4 is 15.8 Å². The minimum Gasteiger partial charge on any atom is -0.492 e. The summed E-state index contributed by atoms with van der Waals surface area (Å²) in [5, 5.41) is 2.30. The first-order chi connectivity index (χ1) is 9.06. The van der Waals surface area contributed by atoms with E-state index in [-0.39, 0.29) is 24.4 Å². The average Bonchev–Trinajstić information content (AvgIpc) is 2.35. The Labute approximate surface area is 111 Å². The molecule has 3 N–H and O–H groups in total. The molecule has 2 rings (SSSR count). The second-order valence-corrected chi connectivity index (χ2v) is 4.48. The van der Waals surface area contributed by atoms with Gasteiger partial charge in [-0.25, -0.2) is 0 Å². The van der Waals surface area contributed by atoms with Crippen molar-refractivity contribution in [3.05, 3.63) is 24.3 Å². The minimum absolute atomic E-state index is 0.215. The van der Waals surface area contributed by atoms with Crippen molar-refractivity contribution < 1.29 is 14.3 Å². The Hall–Kier alpha value is -2.08. The largest absolute Gasteiger partial charge is 0.492 e. The number of carbonyl (C=O) groups excluding carboxylic acids is 2. The van der Waals surface area contributed by atoms with Crippen molar-refractivity contribution >= 4 is 17.5 Å². The molecule has 0 spiro atoms. The highest BCUT2D eigenvalue weighted by atomic mass is 16.5. The zero-order chi connectivity index (χ0) is 13.8. The number of amides is 2. The van der Waals surface area contributed by atoms with Gasteiger partial charge in [-0.3, -0.25) is 19.8 Å². The van der Waals surface area contributed by atoms with Gasteiger partial charge in [0.25, 0.3) is 0 Å². The van der Waals surface area contributed by atoms with E-state index < -0.39 is 0 Å². The zero-order valence-electron chi connectivity index (χ0n) is 10.8. The molecule has 1 aromatic carbocycles. The molecule has 1 aromatic rings. The van der Waals surface area contributed by atoms with E-state index in [4.69, 9.17) is 10.5 Å². The van der Waals surface area contributed by atoms with Crippen molar-refractivity contribution in [2.45, 2.75) is 13.0 Å². The molecule has 0 aromatic heterocycles. The van der Waals surface area contributed by atoms with E-state index in [2.05, 4.69) is 5.32 Å². The van der Waals surface area contributed by atoms with Gasteiger partial charge in [0, 0.05) is 18.3 Å². The number of piperazine rings is 1. The summed E-state index contributed by atoms with van der Waals surface area (Å²) < 4.78 is 5.54. The van der Waals surface area contributed by atoms with Crippen LogP contribution in [0.4, 0.5) is 5.69 Å². The number of carbonyl (C=O) groups is 2. The highest BCUT2D eigenvalue weighted by Crippen LogP contribution is 2.14. The number of nitrogens with zero attached hydrogens (tertiary/aromatic N) is 1. The monoisotopic (exact) mass is 263 g/mol. The molecular weight excluding hydrogens is 246 g/mol. The molecule has 0 saturated carbocycles. The molecule has 102 valence electrons. The Kier molecular flexibility index (Phi) is 4.01. The number of ether oxygens (including phenoxy) is 1. The number of anilines is 1. The highest BCUT2D eigenvalue weighted by molar-refractivity contribution is 6.00. The quantitative estimate of drug-likeness (QED) is 0.590. The van der Waals surface area contributed by atoms with Crippen LogP contribution in [0, 0.1) is 0 Å². The summed E-state index contributed by atoms with van der Waals surface area (Å²) in [5.41, 5.74) is 6.28. The van der Waals surface area contributed by atoms with Gasteiger partial charge in [-0.1, -0.05) is 6.07 Å². The van der Waals surface area contributed by atoms with Crippen molar-refractivity contribution in [1.29, 1.82) is 0 Å². The molecule has 1 aliphatic rings. The first-order valence-electron chi connectivity index (χ1n) is 6.12. The van der Waals surface area contributed by atoms with Crippen LogP contribution in [0.5, 0.6) is 5.75 Å². The Bertz CT molecular complexity index is 490. The topological polar surface area (TPSA) is 84.7 Å². The van der Waals surface area contributed by atoms with Crippen molar-refractivity contribution in [2.24, 2.45) is 0 Å². The SMILES string of the molecule is CC1C(=O)NC(=O)CN1CCOc1cccc(N)c1. The first kappa shape index (κ1) is 13.4. The summed E-state index contributed by atoms with van der Waals surface area (Å²) in [4.78, 5) is 24.5. The molecule has 2 amide bonds. The van der Waals surface area contributed by atoms with Gasteiger partial charge in [0.1, 0.15) is 12.4 Å². The summed E-state index contributed by atoms with van der Waals surface area (Å²) in [6, 6.07) is 6.82. The lowest BCUT2D eigenvalue weighted by Gasteiger charge is -2.31. The molecule has 6 nitrogen and oxygen atoms in total. The number of rotatable bonds is 4. The maximum atomic E-state index is 11.5. The second kappa shape index (κ2) is 5.71. The standard InChI is InChI=1S/C13H17N3O3/c1-9-13(18)15-12(17)8-16(9)5-6-19-11-4-2-3-10(14)7-11/h2-4,7,9H,5-6,8,14H2,1H3,(H,15,17,18). The van der Waals surface area contributed by atoms with E-state index in [0.29, 0.717) is 24.6 Å². The zero-order valence-corrected chi connectivity index (χ0v) is 10.8. The smallest absolute Gasteiger partial charge is 0.243 e. The minimum atomic E-state index is -0.317. The number of nitrogen functional groups attached to an aromatic ring is 1. The van der Waals surface area contributed by atoms with E-state index in [1.165, 1.54) is 0 Å². The molecule has 1 unspecified atom stereocenters. The van der Waals surface area contributed by atoms with Crippen molar-refractivity contribution in [3.8, 4) is 5.75 Å². The van der Waals surface area contributed by atoms with Crippen molar-refractivity contribution in [2.75, 3.05) is 25.4 Å². The molecule has 1 aliphatic heterocycles. The summed E-state index contributed by atoms with van der Waals surface area (Å²) in [6.45, 7) is 2.89. The van der Waals surface area contributed by atoms with Crippen LogP contribution in [-0.2, 0) is 9.59 Å². The molecule has 1 heterocycles. The number of nitrogens with one attached hydrogen (secondary N) is 1. The Morgan fingerprint density at radius 3 is 3.00 bits per heavy atom. The fraction of sp³-hybridized carbons (Fsp3) is 0.385. The third kappa shape index (κ3) is 3.45. The summed E-state index contributed by atoms with van der Waals surface area (Å²) in [7, 11) is 0. The summed E-state index contributed by atoms with van der Waals surface area (Å²) in [6.07, 6.45) is 0. The van der Waals surface area contributed by atoms with Crippen LogP contribution in [0.25, 0.3) is 0 Å². The van der Waals surface area contributed by atoms with Crippen LogP contribution in [0.15, 0.2) is 24.3 Å². The van der Waals surface area contributed by atoms with Gasteiger partial charge in [0.05, 0.1) is 12.6 Å². The predicted octanol–water partition coefficient (Wildman–Crippen LogP) is -0.00550. The third-order valence-electron chi connectivity index (χ3n) is 3.04. The Balaban J connectivity index is 1.85. The van der Waals surface area contributed by atoms with Crippen LogP contribution >= 0.6 is 0 Å². The molecule has 1 saturated heterocycles. The average molecular weight is 263 g/mol. The third-order valence-corrected chi connectivity index (χ3v) is 3.04. The second-order valence-electron chi connectivity index (χ2n) is 4.48. The van der Waals surface area contributed by atoms with E-state index in [0.717, 1.165) is 0 Å². The Morgan fingerprint density at radius 2 is 2.26 bits per heavy atom. The van der Waals surface area contributed by atoms with Gasteiger partial charge in [-0.15, -0.1) is 0 Å². The summed E-state index contributed by atoms with van der Waals surface area (Å²) >= 11 is 0. The van der Waals surface area contributed by atoms with Gasteiger partial charge in [0.2, 0.25) is 11.8 Å². The fourth-order valence-corrected chi connectivity index (χ4v) is 1.93. The molecule has 6 heteroatoms. The van der Waals surface area contributed by atoms with E-state index >= 15 is 0 Å². The van der Waals surface area contributed by atoms with Gasteiger partial charge in [-0.05, 0) is 19.1 Å². The lowest BCUT2D eigenvalue weighted by molar-refractivity contribution is -0.139. The molecule has 1 atom stereocenters. The van der Waals surface area contributed by atoms with Crippen LogP contribution in [0.1, 0.15) is 6.92 Å². The van der Waals surface area contributed by atoms with Crippen LogP contribution in [0.2, 0.25) is 0 Å².